The Labute approximate surface area is 199 Å². The summed E-state index contributed by atoms with van der Waals surface area (Å²) >= 11 is 0. The summed E-state index contributed by atoms with van der Waals surface area (Å²) in [6.07, 6.45) is 5.91. The van der Waals surface area contributed by atoms with E-state index in [0.29, 0.717) is 16.9 Å². The van der Waals surface area contributed by atoms with Crippen molar-refractivity contribution < 1.29 is 46.7 Å². The van der Waals surface area contributed by atoms with Crippen LogP contribution in [0, 0.1) is 24.7 Å². The van der Waals surface area contributed by atoms with E-state index in [2.05, 4.69) is 11.8 Å². The number of benzene rings is 1. The fourth-order valence-electron chi connectivity index (χ4n) is 2.62. The quantitative estimate of drug-likeness (QED) is 0.203. The van der Waals surface area contributed by atoms with Gasteiger partial charge in [-0.1, -0.05) is 11.8 Å². The smallest absolute Gasteiger partial charge is 0.471 e. The molecule has 0 bridgehead atoms. The number of hydrogen-bond acceptors (Lipinski definition) is 7. The minimum absolute atomic E-state index is 0.0486. The maximum atomic E-state index is 12.6. The third-order valence-corrected chi connectivity index (χ3v) is 4.22. The third kappa shape index (κ3) is 9.68. The van der Waals surface area contributed by atoms with Crippen molar-refractivity contribution in [2.45, 2.75) is 31.9 Å². The van der Waals surface area contributed by atoms with Gasteiger partial charge in [-0.25, -0.2) is 4.79 Å². The molecule has 0 radical (unpaired) electrons. The van der Waals surface area contributed by atoms with E-state index in [1.165, 1.54) is 19.2 Å². The van der Waals surface area contributed by atoms with Crippen LogP contribution in [0.1, 0.15) is 35.2 Å². The maximum Gasteiger partial charge on any atom is 0.471 e. The molecule has 0 unspecified atom stereocenters. The molecule has 0 aromatic heterocycles. The van der Waals surface area contributed by atoms with Gasteiger partial charge in [0.25, 0.3) is 5.91 Å². The number of nitrogens with zero attached hydrogens (tertiary/aromatic N) is 1. The van der Waals surface area contributed by atoms with Crippen LogP contribution in [0.2, 0.25) is 0 Å². The van der Waals surface area contributed by atoms with Crippen LogP contribution < -0.4 is 14.8 Å². The molecule has 9 nitrogen and oxygen atoms in total. The van der Waals surface area contributed by atoms with E-state index >= 15 is 0 Å². The summed E-state index contributed by atoms with van der Waals surface area (Å²) in [5.74, 6) is 0.977. The van der Waals surface area contributed by atoms with Crippen LogP contribution in [-0.2, 0) is 25.6 Å². The monoisotopic (exact) mass is 496 g/mol. The Balaban J connectivity index is 3.15. The maximum absolute atomic E-state index is 12.6. The lowest BCUT2D eigenvalue weighted by molar-refractivity contribution is -0.173. The molecule has 0 atom stereocenters. The summed E-state index contributed by atoms with van der Waals surface area (Å²) < 4.78 is 48.0. The Hall–Kier alpha value is -4.19. The molecular formula is C23H23F3N2O7. The zero-order valence-corrected chi connectivity index (χ0v) is 18.8. The first-order valence-electron chi connectivity index (χ1n) is 10.1. The highest BCUT2D eigenvalue weighted by molar-refractivity contribution is 5.92. The zero-order valence-electron chi connectivity index (χ0n) is 18.8. The highest BCUT2D eigenvalue weighted by Gasteiger charge is 2.38. The minimum atomic E-state index is -5.01. The number of nitrogens with one attached hydrogen (secondary N) is 1. The average molecular weight is 496 g/mol. The van der Waals surface area contributed by atoms with E-state index in [9.17, 15) is 32.3 Å². The van der Waals surface area contributed by atoms with Crippen molar-refractivity contribution in [3.8, 4) is 36.2 Å². The number of ether oxygens (including phenoxy) is 2. The molecule has 1 aromatic rings. The molecule has 1 rings (SSSR count). The summed E-state index contributed by atoms with van der Waals surface area (Å²) in [4.78, 5) is 50.9. The van der Waals surface area contributed by atoms with Gasteiger partial charge in [-0.15, -0.1) is 12.8 Å². The van der Waals surface area contributed by atoms with E-state index in [4.69, 9.17) is 27.2 Å². The Morgan fingerprint density at radius 2 is 1.69 bits per heavy atom. The Bertz CT molecular complexity index is 971. The van der Waals surface area contributed by atoms with Gasteiger partial charge in [0.2, 0.25) is 0 Å². The van der Waals surface area contributed by atoms with Gasteiger partial charge < -0.3 is 24.4 Å². The molecule has 0 heterocycles. The molecule has 0 fully saturated rings. The molecule has 0 aliphatic carbocycles. The van der Waals surface area contributed by atoms with Gasteiger partial charge in [0.15, 0.2) is 0 Å². The lowest BCUT2D eigenvalue weighted by Crippen LogP contribution is -2.37. The standard InChI is InChI=1S/C23H23F3N2O7/c1-4-12-33-18-14-16(21(31)35-28(3)20(30)9-7-11-29)15-19(34-13-5-2)17(18)8-6-10-27-22(32)23(24,25)26/h1-2,11,14-15H,6-10,12-13H2,3H3,(H,27,32). The van der Waals surface area contributed by atoms with Crippen LogP contribution in [0.15, 0.2) is 12.1 Å². The van der Waals surface area contributed by atoms with Gasteiger partial charge in [0, 0.05) is 32.0 Å². The molecule has 0 saturated heterocycles. The van der Waals surface area contributed by atoms with Gasteiger partial charge in [-0.3, -0.25) is 9.59 Å². The predicted octanol–water partition coefficient (Wildman–Crippen LogP) is 1.83. The van der Waals surface area contributed by atoms with E-state index in [1.807, 2.05) is 0 Å². The molecule has 0 aliphatic rings. The summed E-state index contributed by atoms with van der Waals surface area (Å²) in [6.45, 7) is -0.733. The number of hydrogen-bond donors (Lipinski definition) is 1. The molecule has 12 heteroatoms. The van der Waals surface area contributed by atoms with Crippen LogP contribution in [0.25, 0.3) is 0 Å². The lowest BCUT2D eigenvalue weighted by Gasteiger charge is -2.19. The van der Waals surface area contributed by atoms with Crippen molar-refractivity contribution in [2.75, 3.05) is 26.8 Å². The van der Waals surface area contributed by atoms with E-state index in [1.54, 1.807) is 5.32 Å². The number of aldehydes is 1. The van der Waals surface area contributed by atoms with Crippen molar-refractivity contribution >= 4 is 24.1 Å². The minimum Gasteiger partial charge on any atom is -0.481 e. The molecular weight excluding hydrogens is 473 g/mol. The van der Waals surface area contributed by atoms with Gasteiger partial charge >= 0.3 is 18.1 Å². The number of terminal acetylenes is 2. The Morgan fingerprint density at radius 1 is 1.11 bits per heavy atom. The zero-order chi connectivity index (χ0) is 26.4. The van der Waals surface area contributed by atoms with Gasteiger partial charge in [-0.05, 0) is 25.0 Å². The number of halogens is 3. The van der Waals surface area contributed by atoms with Crippen molar-refractivity contribution in [3.63, 3.8) is 0 Å². The number of carbonyl (C=O) groups excluding carboxylic acids is 4. The summed E-state index contributed by atoms with van der Waals surface area (Å²) in [5.41, 5.74) is 0.233. The van der Waals surface area contributed by atoms with Crippen LogP contribution in [0.4, 0.5) is 13.2 Å². The van der Waals surface area contributed by atoms with E-state index < -0.39 is 24.0 Å². The number of hydroxylamine groups is 2. The predicted molar refractivity (Wildman–Crippen MR) is 116 cm³/mol. The largest absolute Gasteiger partial charge is 0.481 e. The van der Waals surface area contributed by atoms with Crippen LogP contribution in [0.3, 0.4) is 0 Å². The first kappa shape index (κ1) is 28.8. The van der Waals surface area contributed by atoms with E-state index in [-0.39, 0.29) is 62.5 Å². The molecule has 35 heavy (non-hydrogen) atoms. The molecule has 188 valence electrons. The van der Waals surface area contributed by atoms with Gasteiger partial charge in [0.05, 0.1) is 5.56 Å². The number of rotatable bonds is 12. The van der Waals surface area contributed by atoms with E-state index in [0.717, 1.165) is 0 Å². The second-order valence-electron chi connectivity index (χ2n) is 6.77. The SMILES string of the molecule is C#CCOc1cc(C(=O)ON(C)C(=O)CCC=O)cc(OCC#C)c1CCCNC(=O)C(F)(F)F. The third-order valence-electron chi connectivity index (χ3n) is 4.22. The van der Waals surface area contributed by atoms with Crippen molar-refractivity contribution in [1.82, 2.24) is 10.4 Å². The topological polar surface area (TPSA) is 111 Å². The van der Waals surface area contributed by atoms with Crippen LogP contribution >= 0.6 is 0 Å². The number of carbonyl (C=O) groups is 4. The molecule has 2 amide bonds. The van der Waals surface area contributed by atoms with Gasteiger partial charge in [-0.2, -0.15) is 18.2 Å². The fourth-order valence-corrected chi connectivity index (χ4v) is 2.62. The first-order chi connectivity index (χ1) is 16.5. The van der Waals surface area contributed by atoms with Crippen molar-refractivity contribution in [1.29, 1.82) is 0 Å². The van der Waals surface area contributed by atoms with Crippen molar-refractivity contribution in [3.05, 3.63) is 23.3 Å². The van der Waals surface area contributed by atoms with Gasteiger partial charge in [0.1, 0.15) is 31.0 Å². The Kier molecular flexibility index (Phi) is 11.7. The second-order valence-corrected chi connectivity index (χ2v) is 6.77. The highest BCUT2D eigenvalue weighted by Crippen LogP contribution is 2.33. The first-order valence-corrected chi connectivity index (χ1v) is 10.1. The summed E-state index contributed by atoms with van der Waals surface area (Å²) in [5, 5.41) is 2.42. The molecule has 0 aliphatic heterocycles. The highest BCUT2D eigenvalue weighted by atomic mass is 19.4. The normalized spacial score (nSPS) is 10.3. The number of amides is 2. The molecule has 0 saturated carbocycles. The summed E-state index contributed by atoms with van der Waals surface area (Å²) in [6, 6.07) is 2.52. The van der Waals surface area contributed by atoms with Crippen LogP contribution in [-0.4, -0.2) is 62.1 Å². The van der Waals surface area contributed by atoms with Crippen LogP contribution in [0.5, 0.6) is 11.5 Å². The summed E-state index contributed by atoms with van der Waals surface area (Å²) in [7, 11) is 1.19. The average Bonchev–Trinajstić information content (AvgIpc) is 2.81. The molecule has 1 aromatic carbocycles. The number of alkyl halides is 3. The molecule has 0 spiro atoms. The fraction of sp³-hybridized carbons (Fsp3) is 0.391. The molecule has 1 N–H and O–H groups in total. The van der Waals surface area contributed by atoms with Crippen molar-refractivity contribution in [2.24, 2.45) is 0 Å². The second kappa shape index (κ2) is 14.2. The lowest BCUT2D eigenvalue weighted by atomic mass is 10.0. The Morgan fingerprint density at radius 3 is 2.17 bits per heavy atom.